The van der Waals surface area contributed by atoms with Gasteiger partial charge in [-0.2, -0.15) is 0 Å². The van der Waals surface area contributed by atoms with Crippen molar-refractivity contribution in [2.75, 3.05) is 7.11 Å². The summed E-state index contributed by atoms with van der Waals surface area (Å²) in [4.78, 5) is 0. The Bertz CT molecular complexity index is 246. The molecule has 0 amide bonds. The Morgan fingerprint density at radius 3 is 2.23 bits per heavy atom. The van der Waals surface area contributed by atoms with E-state index in [1.54, 1.807) is 26.2 Å². The van der Waals surface area contributed by atoms with Gasteiger partial charge in [0, 0.05) is 0 Å². The van der Waals surface area contributed by atoms with Crippen molar-refractivity contribution in [3.63, 3.8) is 0 Å². The van der Waals surface area contributed by atoms with Gasteiger partial charge in [0.25, 0.3) is 0 Å². The summed E-state index contributed by atoms with van der Waals surface area (Å²) < 4.78 is 17.5. The van der Waals surface area contributed by atoms with Crippen molar-refractivity contribution in [3.05, 3.63) is 29.6 Å². The number of methoxy groups -OCH3 is 1. The van der Waals surface area contributed by atoms with E-state index in [0.717, 1.165) is 0 Å². The first-order valence-corrected chi connectivity index (χ1v) is 4.45. The Morgan fingerprint density at radius 2 is 1.85 bits per heavy atom. The van der Waals surface area contributed by atoms with Crippen LogP contribution in [0.2, 0.25) is 0 Å². The fourth-order valence-electron chi connectivity index (χ4n) is 0.744. The lowest BCUT2D eigenvalue weighted by Crippen LogP contribution is -1.85. The maximum absolute atomic E-state index is 12.6. The van der Waals surface area contributed by atoms with Crippen LogP contribution in [0, 0.1) is 12.7 Å². The molecule has 0 aliphatic heterocycles. The molecular weight excluding hydrogens is 167 g/mol. The number of hydrogen-bond acceptors (Lipinski definition) is 1. The van der Waals surface area contributed by atoms with Crippen LogP contribution in [-0.2, 0) is 0 Å². The van der Waals surface area contributed by atoms with E-state index in [-0.39, 0.29) is 5.82 Å². The van der Waals surface area contributed by atoms with Crippen LogP contribution in [0.5, 0.6) is 5.75 Å². The first-order chi connectivity index (χ1) is 6.15. The Kier molecular flexibility index (Phi) is 5.94. The van der Waals surface area contributed by atoms with Crippen molar-refractivity contribution in [1.29, 1.82) is 0 Å². The van der Waals surface area contributed by atoms with Gasteiger partial charge < -0.3 is 4.74 Å². The molecule has 0 atom stereocenters. The van der Waals surface area contributed by atoms with Crippen LogP contribution in [0.3, 0.4) is 0 Å². The number of rotatable bonds is 1. The second kappa shape index (κ2) is 6.46. The topological polar surface area (TPSA) is 9.23 Å². The first-order valence-electron chi connectivity index (χ1n) is 4.45. The third-order valence-corrected chi connectivity index (χ3v) is 1.37. The summed E-state index contributed by atoms with van der Waals surface area (Å²) in [5.41, 5.74) is 0.611. The molecular formula is C11H17FO. The SMILES string of the molecule is CCC.COc1ccc(F)c(C)c1. The highest BCUT2D eigenvalue weighted by Crippen LogP contribution is 2.14. The minimum absolute atomic E-state index is 0.194. The van der Waals surface area contributed by atoms with Gasteiger partial charge in [0.05, 0.1) is 7.11 Å². The van der Waals surface area contributed by atoms with Gasteiger partial charge in [0.2, 0.25) is 0 Å². The van der Waals surface area contributed by atoms with Gasteiger partial charge in [-0.15, -0.1) is 0 Å². The van der Waals surface area contributed by atoms with Crippen LogP contribution in [0.4, 0.5) is 4.39 Å². The summed E-state index contributed by atoms with van der Waals surface area (Å²) >= 11 is 0. The highest BCUT2D eigenvalue weighted by molar-refractivity contribution is 5.28. The smallest absolute Gasteiger partial charge is 0.126 e. The number of aryl methyl sites for hydroxylation is 1. The van der Waals surface area contributed by atoms with Gasteiger partial charge in [-0.1, -0.05) is 20.3 Å². The van der Waals surface area contributed by atoms with E-state index in [9.17, 15) is 4.39 Å². The molecule has 0 saturated heterocycles. The number of ether oxygens (including phenoxy) is 1. The van der Waals surface area contributed by atoms with Crippen molar-refractivity contribution < 1.29 is 9.13 Å². The molecule has 0 unspecified atom stereocenters. The molecule has 1 aromatic rings. The van der Waals surface area contributed by atoms with Crippen LogP contribution in [-0.4, -0.2) is 7.11 Å². The minimum Gasteiger partial charge on any atom is -0.497 e. The summed E-state index contributed by atoms with van der Waals surface area (Å²) in [6.07, 6.45) is 1.25. The predicted octanol–water partition coefficient (Wildman–Crippen LogP) is 3.56. The van der Waals surface area contributed by atoms with Crippen molar-refractivity contribution in [2.45, 2.75) is 27.2 Å². The maximum Gasteiger partial charge on any atom is 0.126 e. The van der Waals surface area contributed by atoms with E-state index in [4.69, 9.17) is 4.74 Å². The van der Waals surface area contributed by atoms with Crippen LogP contribution >= 0.6 is 0 Å². The second-order valence-corrected chi connectivity index (χ2v) is 2.82. The average molecular weight is 184 g/mol. The molecule has 1 rings (SSSR count). The summed E-state index contributed by atoms with van der Waals surface area (Å²) in [5.74, 6) is 0.500. The van der Waals surface area contributed by atoms with Crippen LogP contribution < -0.4 is 4.74 Å². The number of benzene rings is 1. The zero-order valence-corrected chi connectivity index (χ0v) is 8.73. The monoisotopic (exact) mass is 184 g/mol. The quantitative estimate of drug-likeness (QED) is 0.648. The van der Waals surface area contributed by atoms with E-state index >= 15 is 0 Å². The summed E-state index contributed by atoms with van der Waals surface area (Å²) in [7, 11) is 1.56. The molecule has 0 N–H and O–H groups in total. The predicted molar refractivity (Wildman–Crippen MR) is 53.7 cm³/mol. The van der Waals surface area contributed by atoms with Crippen LogP contribution in [0.1, 0.15) is 25.8 Å². The number of halogens is 1. The lowest BCUT2D eigenvalue weighted by atomic mass is 10.2. The highest BCUT2D eigenvalue weighted by Gasteiger charge is 1.96. The van der Waals surface area contributed by atoms with Crippen molar-refractivity contribution >= 4 is 0 Å². The first kappa shape index (κ1) is 11.9. The van der Waals surface area contributed by atoms with E-state index in [2.05, 4.69) is 13.8 Å². The van der Waals surface area contributed by atoms with Gasteiger partial charge in [-0.25, -0.2) is 4.39 Å². The summed E-state index contributed by atoms with van der Waals surface area (Å²) in [6, 6.07) is 4.66. The van der Waals surface area contributed by atoms with Crippen LogP contribution in [0.15, 0.2) is 18.2 Å². The van der Waals surface area contributed by atoms with E-state index in [1.807, 2.05) is 0 Å². The molecule has 1 nitrogen and oxygen atoms in total. The molecule has 0 bridgehead atoms. The molecule has 1 aromatic carbocycles. The van der Waals surface area contributed by atoms with E-state index < -0.39 is 0 Å². The fourth-order valence-corrected chi connectivity index (χ4v) is 0.744. The van der Waals surface area contributed by atoms with Gasteiger partial charge in [-0.3, -0.25) is 0 Å². The molecule has 0 aromatic heterocycles. The molecule has 0 fully saturated rings. The van der Waals surface area contributed by atoms with Crippen molar-refractivity contribution in [3.8, 4) is 5.75 Å². The van der Waals surface area contributed by atoms with Gasteiger partial charge in [-0.05, 0) is 30.7 Å². The largest absolute Gasteiger partial charge is 0.497 e. The minimum atomic E-state index is -0.194. The lowest BCUT2D eigenvalue weighted by molar-refractivity contribution is 0.413. The van der Waals surface area contributed by atoms with Crippen LogP contribution in [0.25, 0.3) is 0 Å². The lowest BCUT2D eigenvalue weighted by Gasteiger charge is -2.00. The van der Waals surface area contributed by atoms with E-state index in [1.165, 1.54) is 12.5 Å². The molecule has 0 radical (unpaired) electrons. The molecule has 74 valence electrons. The van der Waals surface area contributed by atoms with E-state index in [0.29, 0.717) is 11.3 Å². The molecule has 13 heavy (non-hydrogen) atoms. The zero-order valence-electron chi connectivity index (χ0n) is 8.73. The van der Waals surface area contributed by atoms with Gasteiger partial charge >= 0.3 is 0 Å². The third kappa shape index (κ3) is 4.51. The molecule has 0 heterocycles. The summed E-state index contributed by atoms with van der Waals surface area (Å²) in [6.45, 7) is 5.96. The normalized spacial score (nSPS) is 8.69. The summed E-state index contributed by atoms with van der Waals surface area (Å²) in [5, 5.41) is 0. The Hall–Kier alpha value is -1.05. The Balaban J connectivity index is 0.000000424. The van der Waals surface area contributed by atoms with Gasteiger partial charge in [0.1, 0.15) is 11.6 Å². The highest BCUT2D eigenvalue weighted by atomic mass is 19.1. The molecule has 0 saturated carbocycles. The van der Waals surface area contributed by atoms with Crippen molar-refractivity contribution in [2.24, 2.45) is 0 Å². The number of hydrogen-bond donors (Lipinski definition) is 0. The average Bonchev–Trinajstić information content (AvgIpc) is 2.11. The maximum atomic E-state index is 12.6. The molecule has 2 heteroatoms. The van der Waals surface area contributed by atoms with Gasteiger partial charge in [0.15, 0.2) is 0 Å². The Morgan fingerprint density at radius 1 is 1.31 bits per heavy atom. The Labute approximate surface area is 79.5 Å². The molecule has 0 aliphatic rings. The fraction of sp³-hybridized carbons (Fsp3) is 0.455. The standard InChI is InChI=1S/C8H9FO.C3H8/c1-6-5-7(10-2)3-4-8(6)9;1-3-2/h3-5H,1-2H3;3H2,1-2H3. The van der Waals surface area contributed by atoms with Crippen molar-refractivity contribution in [1.82, 2.24) is 0 Å². The molecule has 0 spiro atoms. The zero-order chi connectivity index (χ0) is 10.3. The second-order valence-electron chi connectivity index (χ2n) is 2.82. The molecule has 0 aliphatic carbocycles. The third-order valence-electron chi connectivity index (χ3n) is 1.37.